The van der Waals surface area contributed by atoms with Gasteiger partial charge in [0.15, 0.2) is 0 Å². The first-order valence-corrected chi connectivity index (χ1v) is 7.15. The predicted molar refractivity (Wildman–Crippen MR) is 80.2 cm³/mol. The lowest BCUT2D eigenvalue weighted by Crippen LogP contribution is -2.47. The average molecular weight is 293 g/mol. The number of hydrogen-bond donors (Lipinski definition) is 3. The summed E-state index contributed by atoms with van der Waals surface area (Å²) in [5, 5.41) is 21.2. The fourth-order valence-electron chi connectivity index (χ4n) is 2.19. The van der Waals surface area contributed by atoms with Gasteiger partial charge in [-0.1, -0.05) is 44.2 Å². The van der Waals surface area contributed by atoms with E-state index >= 15 is 0 Å². The van der Waals surface area contributed by atoms with E-state index in [-0.39, 0.29) is 5.92 Å². The van der Waals surface area contributed by atoms with E-state index in [0.29, 0.717) is 19.3 Å². The summed E-state index contributed by atoms with van der Waals surface area (Å²) in [6, 6.07) is 7.88. The molecular weight excluding hydrogens is 270 g/mol. The predicted octanol–water partition coefficient (Wildman–Crippen LogP) is 2.16. The van der Waals surface area contributed by atoms with Gasteiger partial charge < -0.3 is 10.2 Å². The van der Waals surface area contributed by atoms with Crippen molar-refractivity contribution in [2.75, 3.05) is 0 Å². The molecule has 1 rings (SSSR count). The Balaban J connectivity index is 2.63. The van der Waals surface area contributed by atoms with Crippen molar-refractivity contribution in [2.24, 2.45) is 5.92 Å². The molecule has 3 N–H and O–H groups in total. The zero-order chi connectivity index (χ0) is 15.8. The molecule has 0 aliphatic carbocycles. The number of rotatable bonds is 9. The minimum Gasteiger partial charge on any atom is -0.480 e. The van der Waals surface area contributed by atoms with Gasteiger partial charge in [0, 0.05) is 0 Å². The van der Waals surface area contributed by atoms with Gasteiger partial charge in [0.25, 0.3) is 0 Å². The number of aliphatic carboxylic acids is 2. The van der Waals surface area contributed by atoms with Crippen LogP contribution in [0.3, 0.4) is 0 Å². The summed E-state index contributed by atoms with van der Waals surface area (Å²) in [4.78, 5) is 22.5. The summed E-state index contributed by atoms with van der Waals surface area (Å²) in [6.07, 6.45) is 1.37. The van der Waals surface area contributed by atoms with E-state index < -0.39 is 24.0 Å². The second-order valence-corrected chi connectivity index (χ2v) is 5.60. The molecule has 0 spiro atoms. The molecule has 0 saturated carbocycles. The summed E-state index contributed by atoms with van der Waals surface area (Å²) in [7, 11) is 0. The molecule has 0 bridgehead atoms. The van der Waals surface area contributed by atoms with Crippen LogP contribution in [0, 0.1) is 5.92 Å². The van der Waals surface area contributed by atoms with Gasteiger partial charge in [-0.05, 0) is 30.7 Å². The highest BCUT2D eigenvalue weighted by atomic mass is 16.4. The third-order valence-corrected chi connectivity index (χ3v) is 3.27. The highest BCUT2D eigenvalue weighted by Gasteiger charge is 2.26. The van der Waals surface area contributed by atoms with Crippen molar-refractivity contribution in [3.63, 3.8) is 0 Å². The van der Waals surface area contributed by atoms with E-state index in [0.717, 1.165) is 5.56 Å². The largest absolute Gasteiger partial charge is 0.480 e. The standard InChI is InChI=1S/C16H23NO4/c1-11(2)10-14(16(20)21)17-13(15(18)19)9-8-12-6-4-3-5-7-12/h3-7,11,13-14,17H,8-10H2,1-2H3,(H,18,19)(H,20,21)/t13-,14?/m1/s1. The van der Waals surface area contributed by atoms with Crippen LogP contribution < -0.4 is 5.32 Å². The van der Waals surface area contributed by atoms with E-state index in [2.05, 4.69) is 5.32 Å². The molecule has 0 fully saturated rings. The third-order valence-electron chi connectivity index (χ3n) is 3.27. The van der Waals surface area contributed by atoms with Crippen LogP contribution in [0.2, 0.25) is 0 Å². The first-order valence-electron chi connectivity index (χ1n) is 7.15. The quantitative estimate of drug-likeness (QED) is 0.649. The first kappa shape index (κ1) is 17.2. The summed E-state index contributed by atoms with van der Waals surface area (Å²) in [5.41, 5.74) is 1.04. The monoisotopic (exact) mass is 293 g/mol. The lowest BCUT2D eigenvalue weighted by molar-refractivity contribution is -0.143. The Morgan fingerprint density at radius 1 is 1.05 bits per heavy atom. The topological polar surface area (TPSA) is 86.6 Å². The Bertz CT molecular complexity index is 459. The van der Waals surface area contributed by atoms with Crippen molar-refractivity contribution in [3.05, 3.63) is 35.9 Å². The Kier molecular flexibility index (Phi) is 6.88. The molecule has 0 amide bonds. The highest BCUT2D eigenvalue weighted by Crippen LogP contribution is 2.10. The van der Waals surface area contributed by atoms with Crippen LogP contribution in [0.25, 0.3) is 0 Å². The van der Waals surface area contributed by atoms with Crippen molar-refractivity contribution >= 4 is 11.9 Å². The summed E-state index contributed by atoms with van der Waals surface area (Å²) in [6.45, 7) is 3.83. The number of carboxylic acids is 2. The molecule has 0 aliphatic heterocycles. The number of carbonyl (C=O) groups is 2. The van der Waals surface area contributed by atoms with Crippen molar-refractivity contribution < 1.29 is 19.8 Å². The zero-order valence-electron chi connectivity index (χ0n) is 12.5. The Morgan fingerprint density at radius 3 is 2.10 bits per heavy atom. The molecule has 1 aromatic rings. The molecule has 21 heavy (non-hydrogen) atoms. The molecule has 0 aliphatic rings. The third kappa shape index (κ3) is 6.40. The van der Waals surface area contributed by atoms with Crippen LogP contribution in [0.5, 0.6) is 0 Å². The van der Waals surface area contributed by atoms with Gasteiger partial charge in [-0.3, -0.25) is 14.9 Å². The second-order valence-electron chi connectivity index (χ2n) is 5.60. The van der Waals surface area contributed by atoms with Gasteiger partial charge in [-0.15, -0.1) is 0 Å². The Hall–Kier alpha value is -1.88. The van der Waals surface area contributed by atoms with Crippen molar-refractivity contribution in [1.82, 2.24) is 5.32 Å². The van der Waals surface area contributed by atoms with Crippen molar-refractivity contribution in [3.8, 4) is 0 Å². The fraction of sp³-hybridized carbons (Fsp3) is 0.500. The van der Waals surface area contributed by atoms with Crippen molar-refractivity contribution in [1.29, 1.82) is 0 Å². The van der Waals surface area contributed by atoms with Gasteiger partial charge in [-0.25, -0.2) is 0 Å². The normalized spacial score (nSPS) is 13.9. The van der Waals surface area contributed by atoms with Crippen LogP contribution in [0.15, 0.2) is 30.3 Å². The minimum atomic E-state index is -1.01. The number of carboxylic acid groups (broad SMARTS) is 2. The fourth-order valence-corrected chi connectivity index (χ4v) is 2.19. The van der Waals surface area contributed by atoms with E-state index in [4.69, 9.17) is 0 Å². The summed E-state index contributed by atoms with van der Waals surface area (Å²) in [5.74, 6) is -1.84. The molecule has 1 aromatic carbocycles. The lowest BCUT2D eigenvalue weighted by atomic mass is 10.0. The number of benzene rings is 1. The molecule has 0 radical (unpaired) electrons. The van der Waals surface area contributed by atoms with Crippen LogP contribution in [0.4, 0.5) is 0 Å². The lowest BCUT2D eigenvalue weighted by Gasteiger charge is -2.21. The molecule has 2 atom stereocenters. The van der Waals surface area contributed by atoms with Gasteiger partial charge in [-0.2, -0.15) is 0 Å². The van der Waals surface area contributed by atoms with Crippen LogP contribution in [-0.4, -0.2) is 34.2 Å². The molecule has 0 saturated heterocycles. The average Bonchev–Trinajstić information content (AvgIpc) is 2.42. The van der Waals surface area contributed by atoms with Crippen molar-refractivity contribution in [2.45, 2.75) is 45.2 Å². The van der Waals surface area contributed by atoms with Crippen LogP contribution in [0.1, 0.15) is 32.3 Å². The molecule has 5 nitrogen and oxygen atoms in total. The zero-order valence-corrected chi connectivity index (χ0v) is 12.5. The SMILES string of the molecule is CC(C)CC(N[C@H](CCc1ccccc1)C(=O)O)C(=O)O. The minimum absolute atomic E-state index is 0.183. The van der Waals surface area contributed by atoms with E-state index in [1.165, 1.54) is 0 Å². The Morgan fingerprint density at radius 2 is 1.62 bits per heavy atom. The molecular formula is C16H23NO4. The molecule has 5 heteroatoms. The first-order chi connectivity index (χ1) is 9.90. The van der Waals surface area contributed by atoms with E-state index in [1.807, 2.05) is 44.2 Å². The van der Waals surface area contributed by atoms with Gasteiger partial charge in [0.1, 0.15) is 12.1 Å². The Labute approximate surface area is 125 Å². The maximum Gasteiger partial charge on any atom is 0.320 e. The smallest absolute Gasteiger partial charge is 0.320 e. The summed E-state index contributed by atoms with van der Waals surface area (Å²) >= 11 is 0. The van der Waals surface area contributed by atoms with Gasteiger partial charge in [0.2, 0.25) is 0 Å². The van der Waals surface area contributed by atoms with E-state index in [9.17, 15) is 19.8 Å². The molecule has 0 aromatic heterocycles. The molecule has 0 heterocycles. The van der Waals surface area contributed by atoms with Crippen LogP contribution >= 0.6 is 0 Å². The van der Waals surface area contributed by atoms with E-state index in [1.54, 1.807) is 0 Å². The van der Waals surface area contributed by atoms with Crippen LogP contribution in [-0.2, 0) is 16.0 Å². The number of aryl methyl sites for hydroxylation is 1. The van der Waals surface area contributed by atoms with Gasteiger partial charge in [0.05, 0.1) is 0 Å². The number of nitrogens with one attached hydrogen (secondary N) is 1. The molecule has 116 valence electrons. The second kappa shape index (κ2) is 8.42. The summed E-state index contributed by atoms with van der Waals surface area (Å²) < 4.78 is 0. The highest BCUT2D eigenvalue weighted by molar-refractivity contribution is 5.77. The molecule has 1 unspecified atom stereocenters. The van der Waals surface area contributed by atoms with Gasteiger partial charge >= 0.3 is 11.9 Å². The maximum atomic E-state index is 11.3. The maximum absolute atomic E-state index is 11.3. The number of hydrogen-bond acceptors (Lipinski definition) is 3.